The molecule has 1 unspecified atom stereocenters. The first-order chi connectivity index (χ1) is 6.83. The third-order valence-electron chi connectivity index (χ3n) is 2.39. The van der Waals surface area contributed by atoms with Gasteiger partial charge in [0.05, 0.1) is 0 Å². The minimum absolute atomic E-state index is 0.194. The maximum absolute atomic E-state index is 11.3. The maximum atomic E-state index is 11.3. The molecule has 1 saturated heterocycles. The summed E-state index contributed by atoms with van der Waals surface area (Å²) in [5.74, 6) is 2.23. The van der Waals surface area contributed by atoms with Crippen LogP contribution in [0.4, 0.5) is 0 Å². The summed E-state index contributed by atoms with van der Waals surface area (Å²) in [5, 5.41) is 6.33. The zero-order valence-electron chi connectivity index (χ0n) is 8.84. The van der Waals surface area contributed by atoms with Gasteiger partial charge in [-0.3, -0.25) is 4.79 Å². The van der Waals surface area contributed by atoms with Gasteiger partial charge in [-0.1, -0.05) is 6.92 Å². The maximum Gasteiger partial charge on any atom is 0.220 e. The van der Waals surface area contributed by atoms with Crippen LogP contribution >= 0.6 is 11.8 Å². The molecule has 0 saturated carbocycles. The third kappa shape index (κ3) is 4.86. The van der Waals surface area contributed by atoms with Crippen molar-refractivity contribution < 1.29 is 4.79 Å². The number of rotatable bonds is 6. The molecule has 1 amide bonds. The molecule has 0 aromatic heterocycles. The predicted octanol–water partition coefficient (Wildman–Crippen LogP) is 0.998. The number of hydrogen-bond donors (Lipinski definition) is 2. The fourth-order valence-corrected chi connectivity index (χ4v) is 2.18. The highest BCUT2D eigenvalue weighted by Gasteiger charge is 2.14. The summed E-state index contributed by atoms with van der Waals surface area (Å²) in [6.45, 7) is 4.02. The van der Waals surface area contributed by atoms with Gasteiger partial charge in [-0.2, -0.15) is 11.8 Å². The van der Waals surface area contributed by atoms with E-state index in [2.05, 4.69) is 17.6 Å². The first kappa shape index (κ1) is 11.9. The summed E-state index contributed by atoms with van der Waals surface area (Å²) in [5.41, 5.74) is 0. The summed E-state index contributed by atoms with van der Waals surface area (Å²) in [6, 6.07) is 0.512. The van der Waals surface area contributed by atoms with E-state index in [0.717, 1.165) is 24.6 Å². The molecule has 3 nitrogen and oxygen atoms in total. The molecule has 1 rings (SSSR count). The zero-order valence-corrected chi connectivity index (χ0v) is 9.66. The molecule has 1 atom stereocenters. The van der Waals surface area contributed by atoms with Gasteiger partial charge < -0.3 is 10.6 Å². The van der Waals surface area contributed by atoms with Crippen molar-refractivity contribution in [2.24, 2.45) is 0 Å². The van der Waals surface area contributed by atoms with Gasteiger partial charge in [0.2, 0.25) is 5.91 Å². The number of thioether (sulfide) groups is 1. The van der Waals surface area contributed by atoms with Gasteiger partial charge in [0.15, 0.2) is 0 Å². The zero-order chi connectivity index (χ0) is 10.2. The van der Waals surface area contributed by atoms with Crippen LogP contribution in [-0.2, 0) is 4.79 Å². The molecule has 1 fully saturated rings. The van der Waals surface area contributed by atoms with Crippen LogP contribution in [0.5, 0.6) is 0 Å². The highest BCUT2D eigenvalue weighted by molar-refractivity contribution is 7.99. The van der Waals surface area contributed by atoms with Crippen molar-refractivity contribution >= 4 is 17.7 Å². The van der Waals surface area contributed by atoms with Gasteiger partial charge >= 0.3 is 0 Å². The minimum atomic E-state index is 0.194. The topological polar surface area (TPSA) is 41.1 Å². The van der Waals surface area contributed by atoms with E-state index in [9.17, 15) is 4.79 Å². The Morgan fingerprint density at radius 2 is 2.50 bits per heavy atom. The largest absolute Gasteiger partial charge is 0.355 e. The molecule has 2 N–H and O–H groups in total. The average molecular weight is 216 g/mol. The highest BCUT2D eigenvalue weighted by Crippen LogP contribution is 2.04. The summed E-state index contributed by atoms with van der Waals surface area (Å²) in [7, 11) is 0. The molecule has 0 spiro atoms. The standard InChI is InChI=1S/C10H20N2OS/c1-2-14-7-5-10(13)12-8-9-4-3-6-11-9/h9,11H,2-8H2,1H3,(H,12,13). The summed E-state index contributed by atoms with van der Waals surface area (Å²) >= 11 is 1.82. The van der Waals surface area contributed by atoms with Crippen molar-refractivity contribution in [1.29, 1.82) is 0 Å². The molecule has 0 aromatic rings. The van der Waals surface area contributed by atoms with E-state index in [1.807, 2.05) is 11.8 Å². The lowest BCUT2D eigenvalue weighted by Gasteiger charge is -2.11. The van der Waals surface area contributed by atoms with Gasteiger partial charge in [0.25, 0.3) is 0 Å². The molecule has 0 bridgehead atoms. The van der Waals surface area contributed by atoms with Crippen LogP contribution in [0.2, 0.25) is 0 Å². The SMILES string of the molecule is CCSCCC(=O)NCC1CCCN1. The molecule has 0 aromatic carbocycles. The average Bonchev–Trinajstić information content (AvgIpc) is 2.68. The number of amides is 1. The van der Waals surface area contributed by atoms with E-state index in [1.165, 1.54) is 12.8 Å². The van der Waals surface area contributed by atoms with Gasteiger partial charge in [0, 0.05) is 24.8 Å². The van der Waals surface area contributed by atoms with Crippen molar-refractivity contribution in [3.63, 3.8) is 0 Å². The monoisotopic (exact) mass is 216 g/mol. The molecular weight excluding hydrogens is 196 g/mol. The molecular formula is C10H20N2OS. The van der Waals surface area contributed by atoms with Crippen molar-refractivity contribution in [2.45, 2.75) is 32.2 Å². The van der Waals surface area contributed by atoms with Crippen LogP contribution in [0.3, 0.4) is 0 Å². The van der Waals surface area contributed by atoms with E-state index in [-0.39, 0.29) is 5.91 Å². The Labute approximate surface area is 90.4 Å². The molecule has 1 aliphatic heterocycles. The Kier molecular flexibility index (Phi) is 6.03. The van der Waals surface area contributed by atoms with Crippen LogP contribution in [-0.4, -0.2) is 36.5 Å². The second-order valence-corrected chi connectivity index (χ2v) is 4.94. The molecule has 0 aliphatic carbocycles. The van der Waals surface area contributed by atoms with E-state index < -0.39 is 0 Å². The van der Waals surface area contributed by atoms with E-state index in [0.29, 0.717) is 12.5 Å². The quantitative estimate of drug-likeness (QED) is 0.651. The highest BCUT2D eigenvalue weighted by atomic mass is 32.2. The summed E-state index contributed by atoms with van der Waals surface area (Å²) < 4.78 is 0. The summed E-state index contributed by atoms with van der Waals surface area (Å²) in [4.78, 5) is 11.3. The van der Waals surface area contributed by atoms with Gasteiger partial charge in [-0.25, -0.2) is 0 Å². The Morgan fingerprint density at radius 1 is 1.64 bits per heavy atom. The lowest BCUT2D eigenvalue weighted by atomic mass is 10.2. The van der Waals surface area contributed by atoms with Crippen molar-refractivity contribution in [3.8, 4) is 0 Å². The summed E-state index contributed by atoms with van der Waals surface area (Å²) in [6.07, 6.45) is 3.10. The number of carbonyl (C=O) groups is 1. The molecule has 0 radical (unpaired) electrons. The van der Waals surface area contributed by atoms with Crippen LogP contribution in [0.15, 0.2) is 0 Å². The smallest absolute Gasteiger partial charge is 0.220 e. The Bertz CT molecular complexity index is 170. The first-order valence-electron chi connectivity index (χ1n) is 5.40. The normalized spacial score (nSPS) is 21.1. The van der Waals surface area contributed by atoms with Crippen molar-refractivity contribution in [3.05, 3.63) is 0 Å². The number of nitrogens with one attached hydrogen (secondary N) is 2. The second kappa shape index (κ2) is 7.12. The van der Waals surface area contributed by atoms with Crippen LogP contribution in [0.25, 0.3) is 0 Å². The predicted molar refractivity (Wildman–Crippen MR) is 61.7 cm³/mol. The molecule has 82 valence electrons. The molecule has 1 heterocycles. The van der Waals surface area contributed by atoms with Crippen molar-refractivity contribution in [2.75, 3.05) is 24.6 Å². The van der Waals surface area contributed by atoms with E-state index >= 15 is 0 Å². The van der Waals surface area contributed by atoms with E-state index in [1.54, 1.807) is 0 Å². The fourth-order valence-electron chi connectivity index (χ4n) is 1.57. The van der Waals surface area contributed by atoms with Crippen LogP contribution in [0.1, 0.15) is 26.2 Å². The minimum Gasteiger partial charge on any atom is -0.355 e. The van der Waals surface area contributed by atoms with E-state index in [4.69, 9.17) is 0 Å². The number of carbonyl (C=O) groups excluding carboxylic acids is 1. The first-order valence-corrected chi connectivity index (χ1v) is 6.56. The molecule has 4 heteroatoms. The molecule has 14 heavy (non-hydrogen) atoms. The molecule has 1 aliphatic rings. The van der Waals surface area contributed by atoms with Crippen LogP contribution in [0, 0.1) is 0 Å². The van der Waals surface area contributed by atoms with Gasteiger partial charge in [-0.05, 0) is 25.1 Å². The Morgan fingerprint density at radius 3 is 3.14 bits per heavy atom. The van der Waals surface area contributed by atoms with Crippen molar-refractivity contribution in [1.82, 2.24) is 10.6 Å². The van der Waals surface area contributed by atoms with Gasteiger partial charge in [-0.15, -0.1) is 0 Å². The lowest BCUT2D eigenvalue weighted by molar-refractivity contribution is -0.120. The second-order valence-electron chi connectivity index (χ2n) is 3.54. The fraction of sp³-hybridized carbons (Fsp3) is 0.900. The Balaban J connectivity index is 1.96. The Hall–Kier alpha value is -0.220. The van der Waals surface area contributed by atoms with Gasteiger partial charge in [0.1, 0.15) is 0 Å². The third-order valence-corrected chi connectivity index (χ3v) is 3.29. The lowest BCUT2D eigenvalue weighted by Crippen LogP contribution is -2.37. The number of hydrogen-bond acceptors (Lipinski definition) is 3. The van der Waals surface area contributed by atoms with Crippen LogP contribution < -0.4 is 10.6 Å².